The van der Waals surface area contributed by atoms with Crippen LogP contribution in [-0.2, 0) is 16.1 Å². The third-order valence-electron chi connectivity index (χ3n) is 7.71. The Kier molecular flexibility index (Phi) is 9.29. The van der Waals surface area contributed by atoms with Crippen molar-refractivity contribution in [2.45, 2.75) is 57.3 Å². The smallest absolute Gasteiger partial charge is 0.312 e. The van der Waals surface area contributed by atoms with Crippen molar-refractivity contribution in [3.8, 4) is 0 Å². The topological polar surface area (TPSA) is 90.3 Å². The molecule has 2 heterocycles. The van der Waals surface area contributed by atoms with Crippen LogP contribution in [0.15, 0.2) is 54.6 Å². The second-order valence-corrected chi connectivity index (χ2v) is 10.3. The first-order valence-corrected chi connectivity index (χ1v) is 13.2. The SMILES string of the molecule is O=C(c1cccc(F)c1)N1CCCCC2(CCN(Cc3ccccc3)CC2)C(=O)OC[C@@H](O)[C@@H](O)CC1. The summed E-state index contributed by atoms with van der Waals surface area (Å²) in [6.07, 6.45) is 1.07. The lowest BCUT2D eigenvalue weighted by atomic mass is 9.74. The van der Waals surface area contributed by atoms with Gasteiger partial charge in [0.2, 0.25) is 0 Å². The number of aliphatic hydroxyl groups is 2. The number of benzene rings is 2. The first-order valence-electron chi connectivity index (χ1n) is 13.2. The standard InChI is InChI=1S/C29H37FN2O5/c30-24-10-6-9-23(19-24)27(35)32-15-5-4-12-29(28(36)37-21-26(34)25(33)11-16-32)13-17-31(18-14-29)20-22-7-2-1-3-8-22/h1-3,6-10,19,25-26,33-34H,4-5,11-18,20-21H2/t25-,26+/m0/s1. The fourth-order valence-electron chi connectivity index (χ4n) is 5.33. The van der Waals surface area contributed by atoms with E-state index in [0.29, 0.717) is 32.2 Å². The maximum atomic E-state index is 13.7. The normalized spacial score (nSPS) is 24.0. The second kappa shape index (κ2) is 12.6. The summed E-state index contributed by atoms with van der Waals surface area (Å²) in [5.41, 5.74) is 0.833. The Bertz CT molecular complexity index is 1040. The molecule has 37 heavy (non-hydrogen) atoms. The van der Waals surface area contributed by atoms with E-state index < -0.39 is 23.4 Å². The van der Waals surface area contributed by atoms with Crippen molar-refractivity contribution in [1.82, 2.24) is 9.80 Å². The lowest BCUT2D eigenvalue weighted by Gasteiger charge is -2.40. The Morgan fingerprint density at radius 1 is 0.946 bits per heavy atom. The number of piperidine rings is 1. The summed E-state index contributed by atoms with van der Waals surface area (Å²) < 4.78 is 19.3. The van der Waals surface area contributed by atoms with Crippen LogP contribution < -0.4 is 0 Å². The molecular weight excluding hydrogens is 475 g/mol. The number of hydrogen-bond donors (Lipinski definition) is 2. The number of rotatable bonds is 3. The summed E-state index contributed by atoms with van der Waals surface area (Å²) in [7, 11) is 0. The monoisotopic (exact) mass is 512 g/mol. The minimum atomic E-state index is -1.24. The fraction of sp³-hybridized carbons (Fsp3) is 0.517. The Morgan fingerprint density at radius 3 is 2.43 bits per heavy atom. The van der Waals surface area contributed by atoms with Gasteiger partial charge in [0, 0.05) is 25.2 Å². The zero-order chi connectivity index (χ0) is 26.3. The van der Waals surface area contributed by atoms with Gasteiger partial charge in [0.25, 0.3) is 5.91 Å². The van der Waals surface area contributed by atoms with E-state index in [1.54, 1.807) is 11.0 Å². The second-order valence-electron chi connectivity index (χ2n) is 10.3. The molecule has 200 valence electrons. The molecule has 2 aliphatic heterocycles. The van der Waals surface area contributed by atoms with Crippen LogP contribution >= 0.6 is 0 Å². The highest BCUT2D eigenvalue weighted by molar-refractivity contribution is 5.94. The number of ether oxygens (including phenoxy) is 1. The number of likely N-dealkylation sites (tertiary alicyclic amines) is 1. The number of amides is 1. The van der Waals surface area contributed by atoms with E-state index in [9.17, 15) is 24.2 Å². The Balaban J connectivity index is 1.43. The molecular formula is C29H37FN2O5. The summed E-state index contributed by atoms with van der Waals surface area (Å²) in [6, 6.07) is 15.8. The van der Waals surface area contributed by atoms with E-state index in [4.69, 9.17) is 4.74 Å². The van der Waals surface area contributed by atoms with Gasteiger partial charge in [-0.05, 0) is 69.0 Å². The molecule has 0 bridgehead atoms. The van der Waals surface area contributed by atoms with Crippen molar-refractivity contribution in [2.75, 3.05) is 32.8 Å². The minimum Gasteiger partial charge on any atom is -0.462 e. The molecule has 2 N–H and O–H groups in total. The zero-order valence-corrected chi connectivity index (χ0v) is 21.2. The van der Waals surface area contributed by atoms with Crippen LogP contribution in [0.1, 0.15) is 54.4 Å². The molecule has 0 radical (unpaired) electrons. The van der Waals surface area contributed by atoms with Gasteiger partial charge in [0.05, 0.1) is 11.5 Å². The highest BCUT2D eigenvalue weighted by atomic mass is 19.1. The van der Waals surface area contributed by atoms with Gasteiger partial charge in [-0.15, -0.1) is 0 Å². The van der Waals surface area contributed by atoms with Crippen LogP contribution in [0.5, 0.6) is 0 Å². The Morgan fingerprint density at radius 2 is 1.70 bits per heavy atom. The van der Waals surface area contributed by atoms with E-state index in [-0.39, 0.29) is 37.0 Å². The van der Waals surface area contributed by atoms with E-state index in [1.807, 2.05) is 18.2 Å². The van der Waals surface area contributed by atoms with Crippen molar-refractivity contribution in [3.05, 3.63) is 71.5 Å². The highest BCUT2D eigenvalue weighted by Gasteiger charge is 2.42. The van der Waals surface area contributed by atoms with Crippen molar-refractivity contribution in [2.24, 2.45) is 5.41 Å². The predicted octanol–water partition coefficient (Wildman–Crippen LogP) is 3.39. The average molecular weight is 513 g/mol. The molecule has 0 unspecified atom stereocenters. The number of esters is 1. The third-order valence-corrected chi connectivity index (χ3v) is 7.71. The van der Waals surface area contributed by atoms with Gasteiger partial charge in [-0.3, -0.25) is 14.5 Å². The summed E-state index contributed by atoms with van der Waals surface area (Å²) >= 11 is 0. The lowest BCUT2D eigenvalue weighted by molar-refractivity contribution is -0.165. The predicted molar refractivity (Wildman–Crippen MR) is 137 cm³/mol. The van der Waals surface area contributed by atoms with Crippen LogP contribution in [0.4, 0.5) is 4.39 Å². The van der Waals surface area contributed by atoms with Crippen molar-refractivity contribution >= 4 is 11.9 Å². The van der Waals surface area contributed by atoms with Gasteiger partial charge >= 0.3 is 5.97 Å². The molecule has 2 atom stereocenters. The fourth-order valence-corrected chi connectivity index (χ4v) is 5.33. The Labute approximate surface area is 217 Å². The number of aliphatic hydroxyl groups excluding tert-OH is 2. The molecule has 2 aromatic rings. The van der Waals surface area contributed by atoms with Crippen LogP contribution in [0.25, 0.3) is 0 Å². The number of carbonyl (C=O) groups excluding carboxylic acids is 2. The molecule has 1 spiro atoms. The minimum absolute atomic E-state index is 0.124. The summed E-state index contributed by atoms with van der Waals surface area (Å²) in [5.74, 6) is -1.11. The van der Waals surface area contributed by atoms with Gasteiger partial charge in [0.15, 0.2) is 0 Å². The summed E-state index contributed by atoms with van der Waals surface area (Å²) in [4.78, 5) is 30.3. The highest BCUT2D eigenvalue weighted by Crippen LogP contribution is 2.38. The number of hydrogen-bond acceptors (Lipinski definition) is 6. The zero-order valence-electron chi connectivity index (χ0n) is 21.2. The largest absolute Gasteiger partial charge is 0.462 e. The molecule has 2 fully saturated rings. The van der Waals surface area contributed by atoms with Gasteiger partial charge in [-0.1, -0.05) is 42.8 Å². The van der Waals surface area contributed by atoms with Crippen molar-refractivity contribution in [3.63, 3.8) is 0 Å². The quantitative estimate of drug-likeness (QED) is 0.613. The molecule has 2 aromatic carbocycles. The molecule has 4 rings (SSSR count). The van der Waals surface area contributed by atoms with Gasteiger partial charge in [-0.2, -0.15) is 0 Å². The Hall–Kier alpha value is -2.81. The third kappa shape index (κ3) is 7.15. The molecule has 8 heteroatoms. The molecule has 0 aliphatic carbocycles. The molecule has 0 aromatic heterocycles. The lowest BCUT2D eigenvalue weighted by Crippen LogP contribution is -2.45. The van der Waals surface area contributed by atoms with Crippen molar-refractivity contribution in [1.29, 1.82) is 0 Å². The summed E-state index contributed by atoms with van der Waals surface area (Å²) in [5, 5.41) is 20.9. The summed E-state index contributed by atoms with van der Waals surface area (Å²) in [6.45, 7) is 2.70. The van der Waals surface area contributed by atoms with E-state index in [2.05, 4.69) is 17.0 Å². The molecule has 1 amide bonds. The maximum Gasteiger partial charge on any atom is 0.312 e. The van der Waals surface area contributed by atoms with Crippen LogP contribution in [0.2, 0.25) is 0 Å². The maximum absolute atomic E-state index is 13.7. The number of carbonyl (C=O) groups is 2. The van der Waals surface area contributed by atoms with Crippen LogP contribution in [-0.4, -0.2) is 76.9 Å². The molecule has 0 saturated carbocycles. The first kappa shape index (κ1) is 27.2. The van der Waals surface area contributed by atoms with Crippen LogP contribution in [0.3, 0.4) is 0 Å². The number of nitrogens with zero attached hydrogens (tertiary/aromatic N) is 2. The van der Waals surface area contributed by atoms with E-state index >= 15 is 0 Å². The van der Waals surface area contributed by atoms with Gasteiger partial charge in [-0.25, -0.2) is 4.39 Å². The van der Waals surface area contributed by atoms with E-state index in [0.717, 1.165) is 26.1 Å². The van der Waals surface area contributed by atoms with Gasteiger partial charge < -0.3 is 19.8 Å². The molecule has 7 nitrogen and oxygen atoms in total. The number of halogens is 1. The molecule has 2 aliphatic rings. The van der Waals surface area contributed by atoms with Gasteiger partial charge in [0.1, 0.15) is 18.5 Å². The number of cyclic esters (lactones) is 1. The average Bonchev–Trinajstić information content (AvgIpc) is 2.92. The molecule has 2 saturated heterocycles. The van der Waals surface area contributed by atoms with E-state index in [1.165, 1.54) is 23.8 Å². The first-order chi connectivity index (χ1) is 17.9. The van der Waals surface area contributed by atoms with Crippen LogP contribution in [0, 0.1) is 11.2 Å². The van der Waals surface area contributed by atoms with Crippen molar-refractivity contribution < 1.29 is 28.9 Å².